The van der Waals surface area contributed by atoms with E-state index in [0.29, 0.717) is 13.2 Å². The van der Waals surface area contributed by atoms with Crippen molar-refractivity contribution in [3.63, 3.8) is 0 Å². The number of hydrogen-bond acceptors (Lipinski definition) is 4. The highest BCUT2D eigenvalue weighted by Gasteiger charge is 2.43. The van der Waals surface area contributed by atoms with Crippen LogP contribution in [0.4, 0.5) is 0 Å². The lowest BCUT2D eigenvalue weighted by Gasteiger charge is -2.19. The lowest BCUT2D eigenvalue weighted by molar-refractivity contribution is 0.154. The number of hydrogen-bond donors (Lipinski definition) is 2. The van der Waals surface area contributed by atoms with Gasteiger partial charge in [0.1, 0.15) is 9.84 Å². The van der Waals surface area contributed by atoms with Gasteiger partial charge in [-0.25, -0.2) is 8.42 Å². The van der Waals surface area contributed by atoms with E-state index in [1.165, 1.54) is 24.7 Å². The summed E-state index contributed by atoms with van der Waals surface area (Å²) < 4.78 is 27.3. The lowest BCUT2D eigenvalue weighted by Crippen LogP contribution is -2.42. The molecule has 1 aromatic carbocycles. The molecule has 0 bridgehead atoms. The summed E-state index contributed by atoms with van der Waals surface area (Å²) in [5, 5.41) is 6.56. The van der Waals surface area contributed by atoms with Gasteiger partial charge in [0, 0.05) is 31.8 Å². The molecule has 0 unspecified atom stereocenters. The number of guanidine groups is 1. The van der Waals surface area contributed by atoms with Crippen LogP contribution in [0.5, 0.6) is 0 Å². The first-order valence-corrected chi connectivity index (χ1v) is 10.3. The summed E-state index contributed by atoms with van der Waals surface area (Å²) >= 11 is 0. The zero-order valence-corrected chi connectivity index (χ0v) is 15.2. The Hall–Kier alpha value is -1.60. The fourth-order valence-electron chi connectivity index (χ4n) is 2.54. The molecule has 2 rings (SSSR count). The SMILES string of the molecule is CN=C(NCCOCCS(C)(=O)=O)NCC1(c2ccccc2)CC1. The minimum Gasteiger partial charge on any atom is -0.379 e. The lowest BCUT2D eigenvalue weighted by atomic mass is 9.96. The first kappa shape index (κ1) is 18.7. The molecule has 0 aromatic heterocycles. The molecule has 0 atom stereocenters. The molecule has 1 aliphatic carbocycles. The van der Waals surface area contributed by atoms with Gasteiger partial charge >= 0.3 is 0 Å². The first-order valence-electron chi connectivity index (χ1n) is 8.21. The summed E-state index contributed by atoms with van der Waals surface area (Å²) in [6, 6.07) is 10.6. The molecule has 6 nitrogen and oxygen atoms in total. The Morgan fingerprint density at radius 1 is 1.21 bits per heavy atom. The van der Waals surface area contributed by atoms with E-state index in [4.69, 9.17) is 4.74 Å². The highest BCUT2D eigenvalue weighted by molar-refractivity contribution is 7.90. The highest BCUT2D eigenvalue weighted by atomic mass is 32.2. The van der Waals surface area contributed by atoms with Crippen molar-refractivity contribution in [2.75, 3.05) is 45.4 Å². The van der Waals surface area contributed by atoms with Gasteiger partial charge < -0.3 is 15.4 Å². The van der Waals surface area contributed by atoms with E-state index >= 15 is 0 Å². The number of rotatable bonds is 9. The Bertz CT molecular complexity index is 640. The maximum atomic E-state index is 11.0. The third-order valence-electron chi connectivity index (χ3n) is 4.19. The van der Waals surface area contributed by atoms with Gasteiger partial charge in [-0.15, -0.1) is 0 Å². The summed E-state index contributed by atoms with van der Waals surface area (Å²) in [4.78, 5) is 4.21. The topological polar surface area (TPSA) is 79.8 Å². The van der Waals surface area contributed by atoms with Crippen LogP contribution in [0.25, 0.3) is 0 Å². The second-order valence-corrected chi connectivity index (χ2v) is 8.50. The number of ether oxygens (including phenoxy) is 1. The van der Waals surface area contributed by atoms with E-state index in [1.54, 1.807) is 7.05 Å². The molecule has 1 aliphatic rings. The average Bonchev–Trinajstić information content (AvgIpc) is 3.34. The maximum Gasteiger partial charge on any atom is 0.191 e. The van der Waals surface area contributed by atoms with Crippen molar-refractivity contribution in [1.29, 1.82) is 0 Å². The van der Waals surface area contributed by atoms with Crippen molar-refractivity contribution in [3.8, 4) is 0 Å². The molecule has 0 amide bonds. The second kappa shape index (κ2) is 8.48. The van der Waals surface area contributed by atoms with Gasteiger partial charge in [0.2, 0.25) is 0 Å². The molecular weight excluding hydrogens is 326 g/mol. The Balaban J connectivity index is 1.66. The summed E-state index contributed by atoms with van der Waals surface area (Å²) in [6.45, 7) is 2.11. The first-order chi connectivity index (χ1) is 11.5. The fourth-order valence-corrected chi connectivity index (χ4v) is 2.96. The molecule has 1 fully saturated rings. The highest BCUT2D eigenvalue weighted by Crippen LogP contribution is 2.47. The van der Waals surface area contributed by atoms with Crippen molar-refractivity contribution < 1.29 is 13.2 Å². The van der Waals surface area contributed by atoms with E-state index in [2.05, 4.69) is 39.9 Å². The number of nitrogens with zero attached hydrogens (tertiary/aromatic N) is 1. The van der Waals surface area contributed by atoms with Crippen LogP contribution in [0.2, 0.25) is 0 Å². The number of sulfone groups is 1. The molecule has 0 spiro atoms. The predicted octanol–water partition coefficient (Wildman–Crippen LogP) is 0.944. The second-order valence-electron chi connectivity index (χ2n) is 6.24. The Morgan fingerprint density at radius 2 is 1.92 bits per heavy atom. The molecule has 0 radical (unpaired) electrons. The molecule has 0 aliphatic heterocycles. The predicted molar refractivity (Wildman–Crippen MR) is 97.2 cm³/mol. The van der Waals surface area contributed by atoms with Gasteiger partial charge in [0.25, 0.3) is 0 Å². The van der Waals surface area contributed by atoms with Crippen molar-refractivity contribution >= 4 is 15.8 Å². The molecule has 1 aromatic rings. The molecule has 24 heavy (non-hydrogen) atoms. The molecule has 0 heterocycles. The van der Waals surface area contributed by atoms with Gasteiger partial charge in [-0.05, 0) is 18.4 Å². The summed E-state index contributed by atoms with van der Waals surface area (Å²) in [5.41, 5.74) is 1.60. The maximum absolute atomic E-state index is 11.0. The largest absolute Gasteiger partial charge is 0.379 e. The van der Waals surface area contributed by atoms with Crippen LogP contribution < -0.4 is 10.6 Å². The molecule has 0 saturated heterocycles. The van der Waals surface area contributed by atoms with Gasteiger partial charge in [0.05, 0.1) is 19.0 Å². The van der Waals surface area contributed by atoms with E-state index in [9.17, 15) is 8.42 Å². The standard InChI is InChI=1S/C17H27N3O3S/c1-18-16(19-10-11-23-12-13-24(2,21)22)20-14-17(8-9-17)15-6-4-3-5-7-15/h3-7H,8-14H2,1-2H3,(H2,18,19,20). The molecule has 1 saturated carbocycles. The number of benzene rings is 1. The van der Waals surface area contributed by atoms with E-state index in [0.717, 1.165) is 12.5 Å². The third-order valence-corrected chi connectivity index (χ3v) is 5.10. The van der Waals surface area contributed by atoms with Crippen LogP contribution in [0, 0.1) is 0 Å². The number of aliphatic imine (C=N–C) groups is 1. The van der Waals surface area contributed by atoms with Crippen molar-refractivity contribution in [2.45, 2.75) is 18.3 Å². The zero-order chi connectivity index (χ0) is 17.5. The van der Waals surface area contributed by atoms with Gasteiger partial charge in [0.15, 0.2) is 5.96 Å². The number of nitrogens with one attached hydrogen (secondary N) is 2. The monoisotopic (exact) mass is 353 g/mol. The Labute approximate surface area is 144 Å². The summed E-state index contributed by atoms with van der Waals surface area (Å²) in [5.74, 6) is 0.795. The van der Waals surface area contributed by atoms with E-state index in [1.807, 2.05) is 6.07 Å². The quantitative estimate of drug-likeness (QED) is 0.392. The Morgan fingerprint density at radius 3 is 2.50 bits per heavy atom. The summed E-state index contributed by atoms with van der Waals surface area (Å²) in [7, 11) is -1.22. The minimum absolute atomic E-state index is 0.0551. The molecule has 7 heteroatoms. The summed E-state index contributed by atoms with van der Waals surface area (Å²) in [6.07, 6.45) is 3.59. The van der Waals surface area contributed by atoms with Crippen molar-refractivity contribution in [1.82, 2.24) is 10.6 Å². The van der Waals surface area contributed by atoms with Gasteiger partial charge in [-0.3, -0.25) is 4.99 Å². The van der Waals surface area contributed by atoms with Gasteiger partial charge in [-0.2, -0.15) is 0 Å². The van der Waals surface area contributed by atoms with Crippen molar-refractivity contribution in [2.24, 2.45) is 4.99 Å². The minimum atomic E-state index is -2.96. The zero-order valence-electron chi connectivity index (χ0n) is 14.4. The smallest absolute Gasteiger partial charge is 0.191 e. The normalized spacial score (nSPS) is 16.7. The van der Waals surface area contributed by atoms with E-state index < -0.39 is 9.84 Å². The molecule has 134 valence electrons. The van der Waals surface area contributed by atoms with Crippen LogP contribution in [-0.2, 0) is 20.0 Å². The fraction of sp³-hybridized carbons (Fsp3) is 0.588. The van der Waals surface area contributed by atoms with Crippen LogP contribution in [0.15, 0.2) is 35.3 Å². The molecular formula is C17H27N3O3S. The molecule has 2 N–H and O–H groups in total. The van der Waals surface area contributed by atoms with Gasteiger partial charge in [-0.1, -0.05) is 30.3 Å². The Kier molecular flexibility index (Phi) is 6.62. The van der Waals surface area contributed by atoms with Crippen molar-refractivity contribution in [3.05, 3.63) is 35.9 Å². The van der Waals surface area contributed by atoms with Crippen LogP contribution in [0.1, 0.15) is 18.4 Å². The van der Waals surface area contributed by atoms with Crippen LogP contribution in [0.3, 0.4) is 0 Å². The van der Waals surface area contributed by atoms with E-state index in [-0.39, 0.29) is 17.8 Å². The van der Waals surface area contributed by atoms with Crippen LogP contribution >= 0.6 is 0 Å². The third kappa shape index (κ3) is 6.13. The average molecular weight is 353 g/mol. The van der Waals surface area contributed by atoms with Crippen LogP contribution in [-0.4, -0.2) is 59.7 Å².